The zero-order valence-electron chi connectivity index (χ0n) is 5.32. The Bertz CT molecular complexity index is 133. The topological polar surface area (TPSA) is 9.23 Å². The van der Waals surface area contributed by atoms with Crippen LogP contribution in [0.5, 0.6) is 0 Å². The molecule has 0 aromatic carbocycles. The maximum absolute atomic E-state index is 12.1. The number of hydrogen-bond donors (Lipinski definition) is 0. The Morgan fingerprint density at radius 3 is 1.89 bits per heavy atom. The first-order valence-corrected chi connectivity index (χ1v) is 2.70. The number of ether oxygens (including phenoxy) is 1. The molecule has 0 aliphatic carbocycles. The molecule has 0 radical (unpaired) electrons. The monoisotopic (exact) mass is 134 g/mol. The lowest BCUT2D eigenvalue weighted by Gasteiger charge is -2.17. The molecule has 3 heteroatoms. The molecule has 1 aliphatic rings. The largest absolute Gasteiger partial charge is 0.377 e. The summed E-state index contributed by atoms with van der Waals surface area (Å²) in [5, 5.41) is 0. The lowest BCUT2D eigenvalue weighted by molar-refractivity contribution is -0.226. The van der Waals surface area contributed by atoms with Gasteiger partial charge in [-0.3, -0.25) is 0 Å². The average molecular weight is 134 g/mol. The molecule has 0 amide bonds. The Kier molecular flexibility index (Phi) is 1.14. The van der Waals surface area contributed by atoms with Gasteiger partial charge in [-0.25, -0.2) is 0 Å². The van der Waals surface area contributed by atoms with Crippen LogP contribution in [0.15, 0.2) is 12.2 Å². The fourth-order valence-corrected chi connectivity index (χ4v) is 0.716. The van der Waals surface area contributed by atoms with Crippen LogP contribution in [-0.2, 0) is 4.74 Å². The van der Waals surface area contributed by atoms with Gasteiger partial charge in [-0.2, -0.15) is 8.78 Å². The number of rotatable bonds is 0. The standard InChI is InChI=1S/C6H8F2O/c1-5(2)3-4-6(7,8)9-5/h3-4H,1-2H3. The fourth-order valence-electron chi connectivity index (χ4n) is 0.716. The van der Waals surface area contributed by atoms with Crippen molar-refractivity contribution in [1.29, 1.82) is 0 Å². The zero-order valence-corrected chi connectivity index (χ0v) is 5.32. The Labute approximate surface area is 52.3 Å². The van der Waals surface area contributed by atoms with E-state index < -0.39 is 11.7 Å². The lowest BCUT2D eigenvalue weighted by Crippen LogP contribution is -2.24. The molecule has 1 nitrogen and oxygen atoms in total. The molecule has 0 aromatic rings. The minimum Gasteiger partial charge on any atom is -0.307 e. The van der Waals surface area contributed by atoms with Crippen LogP contribution in [0.2, 0.25) is 0 Å². The summed E-state index contributed by atoms with van der Waals surface area (Å²) in [5.41, 5.74) is -0.802. The smallest absolute Gasteiger partial charge is 0.307 e. The summed E-state index contributed by atoms with van der Waals surface area (Å²) < 4.78 is 28.6. The molecule has 9 heavy (non-hydrogen) atoms. The van der Waals surface area contributed by atoms with E-state index in [-0.39, 0.29) is 0 Å². The van der Waals surface area contributed by atoms with E-state index in [1.165, 1.54) is 6.08 Å². The number of halogens is 2. The third kappa shape index (κ3) is 1.48. The normalized spacial score (nSPS) is 28.9. The molecular formula is C6H8F2O. The first-order valence-electron chi connectivity index (χ1n) is 2.70. The molecule has 0 fully saturated rings. The third-order valence-corrected chi connectivity index (χ3v) is 1.08. The maximum Gasteiger partial charge on any atom is 0.377 e. The molecule has 52 valence electrons. The van der Waals surface area contributed by atoms with Gasteiger partial charge in [0.25, 0.3) is 0 Å². The number of alkyl halides is 2. The molecular weight excluding hydrogens is 126 g/mol. The third-order valence-electron chi connectivity index (χ3n) is 1.08. The second kappa shape index (κ2) is 1.53. The van der Waals surface area contributed by atoms with Crippen molar-refractivity contribution < 1.29 is 13.5 Å². The van der Waals surface area contributed by atoms with E-state index in [0.717, 1.165) is 6.08 Å². The van der Waals surface area contributed by atoms with Gasteiger partial charge in [-0.15, -0.1) is 0 Å². The second-order valence-electron chi connectivity index (χ2n) is 2.60. The highest BCUT2D eigenvalue weighted by Crippen LogP contribution is 2.32. The van der Waals surface area contributed by atoms with Crippen molar-refractivity contribution in [3.63, 3.8) is 0 Å². The van der Waals surface area contributed by atoms with Gasteiger partial charge in [0.1, 0.15) is 0 Å². The Morgan fingerprint density at radius 2 is 1.78 bits per heavy atom. The summed E-state index contributed by atoms with van der Waals surface area (Å²) in [7, 11) is 0. The molecule has 1 heterocycles. The molecule has 1 rings (SSSR count). The van der Waals surface area contributed by atoms with Crippen molar-refractivity contribution in [1.82, 2.24) is 0 Å². The van der Waals surface area contributed by atoms with Crippen LogP contribution in [0.3, 0.4) is 0 Å². The highest BCUT2D eigenvalue weighted by Gasteiger charge is 2.39. The Balaban J connectivity index is 2.71. The second-order valence-corrected chi connectivity index (χ2v) is 2.60. The van der Waals surface area contributed by atoms with Crippen LogP contribution in [0.4, 0.5) is 8.78 Å². The first kappa shape index (κ1) is 6.68. The molecule has 0 saturated heterocycles. The molecule has 0 unspecified atom stereocenters. The SMILES string of the molecule is CC1(C)C=CC(F)(F)O1. The van der Waals surface area contributed by atoms with Crippen LogP contribution in [-0.4, -0.2) is 11.7 Å². The van der Waals surface area contributed by atoms with Crippen molar-refractivity contribution in [2.24, 2.45) is 0 Å². The fraction of sp³-hybridized carbons (Fsp3) is 0.667. The Morgan fingerprint density at radius 1 is 1.22 bits per heavy atom. The van der Waals surface area contributed by atoms with Crippen molar-refractivity contribution >= 4 is 0 Å². The van der Waals surface area contributed by atoms with Crippen molar-refractivity contribution in [3.05, 3.63) is 12.2 Å². The summed E-state index contributed by atoms with van der Waals surface area (Å²) in [6, 6.07) is 0. The van der Waals surface area contributed by atoms with Crippen molar-refractivity contribution in [3.8, 4) is 0 Å². The van der Waals surface area contributed by atoms with Crippen LogP contribution in [0, 0.1) is 0 Å². The highest BCUT2D eigenvalue weighted by molar-refractivity contribution is 5.07. The van der Waals surface area contributed by atoms with E-state index in [1.54, 1.807) is 13.8 Å². The predicted octanol–water partition coefficient (Wildman–Crippen LogP) is 1.94. The number of hydrogen-bond acceptors (Lipinski definition) is 1. The Hall–Kier alpha value is -0.440. The summed E-state index contributed by atoms with van der Waals surface area (Å²) in [6.07, 6.45) is -0.927. The van der Waals surface area contributed by atoms with Gasteiger partial charge in [0.2, 0.25) is 0 Å². The van der Waals surface area contributed by atoms with Crippen LogP contribution in [0.25, 0.3) is 0 Å². The molecule has 0 N–H and O–H groups in total. The van der Waals surface area contributed by atoms with E-state index in [9.17, 15) is 8.78 Å². The highest BCUT2D eigenvalue weighted by atomic mass is 19.3. The van der Waals surface area contributed by atoms with E-state index >= 15 is 0 Å². The summed E-state index contributed by atoms with van der Waals surface area (Å²) in [6.45, 7) is 3.18. The average Bonchev–Trinajstić information content (AvgIpc) is 1.78. The molecule has 1 aliphatic heterocycles. The van der Waals surface area contributed by atoms with Gasteiger partial charge >= 0.3 is 6.11 Å². The van der Waals surface area contributed by atoms with E-state index in [0.29, 0.717) is 0 Å². The summed E-state index contributed by atoms with van der Waals surface area (Å²) >= 11 is 0. The summed E-state index contributed by atoms with van der Waals surface area (Å²) in [4.78, 5) is 0. The minimum absolute atomic E-state index is 0.771. The van der Waals surface area contributed by atoms with Crippen molar-refractivity contribution in [2.75, 3.05) is 0 Å². The quantitative estimate of drug-likeness (QED) is 0.460. The van der Waals surface area contributed by atoms with Crippen LogP contribution in [0.1, 0.15) is 13.8 Å². The van der Waals surface area contributed by atoms with Gasteiger partial charge in [-0.1, -0.05) is 0 Å². The predicted molar refractivity (Wildman–Crippen MR) is 29.3 cm³/mol. The molecule has 0 saturated carbocycles. The van der Waals surface area contributed by atoms with Gasteiger partial charge in [0, 0.05) is 6.08 Å². The minimum atomic E-state index is -3.05. The van der Waals surface area contributed by atoms with E-state index in [4.69, 9.17) is 0 Å². The zero-order chi connectivity index (χ0) is 7.12. The molecule has 0 bridgehead atoms. The van der Waals surface area contributed by atoms with Gasteiger partial charge in [0.15, 0.2) is 0 Å². The maximum atomic E-state index is 12.1. The van der Waals surface area contributed by atoms with Gasteiger partial charge in [0.05, 0.1) is 5.60 Å². The summed E-state index contributed by atoms with van der Waals surface area (Å²) in [5.74, 6) is 0. The molecule has 0 spiro atoms. The van der Waals surface area contributed by atoms with E-state index in [1.807, 2.05) is 0 Å². The van der Waals surface area contributed by atoms with Gasteiger partial charge in [-0.05, 0) is 19.9 Å². The first-order chi connectivity index (χ1) is 3.91. The van der Waals surface area contributed by atoms with Gasteiger partial charge < -0.3 is 4.74 Å². The lowest BCUT2D eigenvalue weighted by atomic mass is 10.1. The van der Waals surface area contributed by atoms with Crippen LogP contribution < -0.4 is 0 Å². The van der Waals surface area contributed by atoms with E-state index in [2.05, 4.69) is 4.74 Å². The van der Waals surface area contributed by atoms with Crippen molar-refractivity contribution in [2.45, 2.75) is 25.6 Å². The molecule has 0 aromatic heterocycles. The van der Waals surface area contributed by atoms with Crippen LogP contribution >= 0.6 is 0 Å². The molecule has 0 atom stereocenters.